The molecule has 1 unspecified atom stereocenters. The molecule has 4 heteroatoms. The molecule has 16 heavy (non-hydrogen) atoms. The van der Waals surface area contributed by atoms with E-state index in [4.69, 9.17) is 10.7 Å². The Kier molecular flexibility index (Phi) is 3.84. The lowest BCUT2D eigenvalue weighted by Crippen LogP contribution is -2.34. The smallest absolute Gasteiger partial charge is 0.0882 e. The van der Waals surface area contributed by atoms with Crippen molar-refractivity contribution in [3.63, 3.8) is 0 Å². The molecule has 0 radical (unpaired) electrons. The normalized spacial score (nSPS) is 20.4. The van der Waals surface area contributed by atoms with Crippen molar-refractivity contribution >= 4 is 21.6 Å². The molecule has 0 aliphatic carbocycles. The van der Waals surface area contributed by atoms with Crippen molar-refractivity contribution in [3.8, 4) is 0 Å². The Hall–Kier alpha value is -0.580. The lowest BCUT2D eigenvalue weighted by atomic mass is 10.2. The van der Waals surface area contributed by atoms with Gasteiger partial charge in [0.25, 0.3) is 0 Å². The topological polar surface area (TPSA) is 38.5 Å². The first-order chi connectivity index (χ1) is 7.72. The molecule has 1 aromatic rings. The lowest BCUT2D eigenvalue weighted by Gasteiger charge is -2.26. The molecule has 0 spiro atoms. The Morgan fingerprint density at radius 3 is 3.06 bits per heavy atom. The summed E-state index contributed by atoms with van der Waals surface area (Å²) in [7, 11) is 0. The van der Waals surface area contributed by atoms with E-state index in [1.54, 1.807) is 0 Å². The Bertz CT molecular complexity index is 370. The zero-order valence-electron chi connectivity index (χ0n) is 9.45. The minimum atomic E-state index is 0.416. The second kappa shape index (κ2) is 5.17. The maximum absolute atomic E-state index is 5.17. The molecule has 2 N–H and O–H groups in total. The van der Waals surface area contributed by atoms with Crippen LogP contribution in [0.1, 0.15) is 18.4 Å². The van der Waals surface area contributed by atoms with Crippen LogP contribution < -0.4 is 10.8 Å². The standard InChI is InChI=1S/C12H17BrN2O/c1-9-4-5-10(7-12(9)13)15-6-2-3-11(15)8-16-14/h4-5,7,11H,2-3,6,8,14H2,1H3. The summed E-state index contributed by atoms with van der Waals surface area (Å²) in [5, 5.41) is 0. The van der Waals surface area contributed by atoms with E-state index in [0.717, 1.165) is 17.4 Å². The van der Waals surface area contributed by atoms with Crippen molar-refractivity contribution in [2.75, 3.05) is 18.1 Å². The Labute approximate surface area is 105 Å². The molecule has 1 saturated heterocycles. The SMILES string of the molecule is Cc1ccc(N2CCCC2CON)cc1Br. The average molecular weight is 285 g/mol. The molecule has 0 bridgehead atoms. The highest BCUT2D eigenvalue weighted by Crippen LogP contribution is 2.29. The number of rotatable bonds is 3. The highest BCUT2D eigenvalue weighted by Gasteiger charge is 2.24. The fourth-order valence-corrected chi connectivity index (χ4v) is 2.59. The third-order valence-corrected chi connectivity index (χ3v) is 4.01. The van der Waals surface area contributed by atoms with Gasteiger partial charge in [0, 0.05) is 16.7 Å². The van der Waals surface area contributed by atoms with Crippen molar-refractivity contribution in [1.82, 2.24) is 0 Å². The molecule has 1 atom stereocenters. The van der Waals surface area contributed by atoms with E-state index in [-0.39, 0.29) is 0 Å². The molecular formula is C12H17BrN2O. The van der Waals surface area contributed by atoms with E-state index in [1.165, 1.54) is 17.7 Å². The van der Waals surface area contributed by atoms with Crippen LogP contribution in [0.4, 0.5) is 5.69 Å². The largest absolute Gasteiger partial charge is 0.366 e. The van der Waals surface area contributed by atoms with Crippen LogP contribution in [-0.2, 0) is 4.84 Å². The fraction of sp³-hybridized carbons (Fsp3) is 0.500. The van der Waals surface area contributed by atoms with E-state index < -0.39 is 0 Å². The molecule has 1 fully saturated rings. The maximum atomic E-state index is 5.17. The van der Waals surface area contributed by atoms with Gasteiger partial charge in [0.05, 0.1) is 12.6 Å². The van der Waals surface area contributed by atoms with Crippen LogP contribution in [0.3, 0.4) is 0 Å². The van der Waals surface area contributed by atoms with Crippen molar-refractivity contribution in [1.29, 1.82) is 0 Å². The summed E-state index contributed by atoms with van der Waals surface area (Å²) < 4.78 is 1.16. The number of nitrogens with zero attached hydrogens (tertiary/aromatic N) is 1. The number of aryl methyl sites for hydroxylation is 1. The first-order valence-corrected chi connectivity index (χ1v) is 6.36. The third-order valence-electron chi connectivity index (χ3n) is 3.15. The van der Waals surface area contributed by atoms with Gasteiger partial charge in [-0.15, -0.1) is 0 Å². The number of halogens is 1. The maximum Gasteiger partial charge on any atom is 0.0882 e. The predicted molar refractivity (Wildman–Crippen MR) is 69.4 cm³/mol. The quantitative estimate of drug-likeness (QED) is 0.868. The zero-order valence-corrected chi connectivity index (χ0v) is 11.0. The van der Waals surface area contributed by atoms with E-state index in [0.29, 0.717) is 12.6 Å². The molecule has 1 aromatic carbocycles. The number of hydrogen-bond acceptors (Lipinski definition) is 3. The van der Waals surface area contributed by atoms with E-state index in [9.17, 15) is 0 Å². The summed E-state index contributed by atoms with van der Waals surface area (Å²) >= 11 is 3.57. The van der Waals surface area contributed by atoms with Crippen LogP contribution in [0.2, 0.25) is 0 Å². The van der Waals surface area contributed by atoms with Crippen molar-refractivity contribution in [2.24, 2.45) is 5.90 Å². The Morgan fingerprint density at radius 1 is 1.56 bits per heavy atom. The first kappa shape index (κ1) is 11.9. The predicted octanol–water partition coefficient (Wildman–Crippen LogP) is 2.62. The van der Waals surface area contributed by atoms with Crippen LogP contribution in [0.25, 0.3) is 0 Å². The van der Waals surface area contributed by atoms with Gasteiger partial charge in [0.2, 0.25) is 0 Å². The summed E-state index contributed by atoms with van der Waals surface area (Å²) in [6, 6.07) is 6.89. The summed E-state index contributed by atoms with van der Waals surface area (Å²) in [5.74, 6) is 5.17. The van der Waals surface area contributed by atoms with Gasteiger partial charge in [-0.05, 0) is 37.5 Å². The molecule has 2 rings (SSSR count). The highest BCUT2D eigenvalue weighted by atomic mass is 79.9. The molecule has 1 aliphatic rings. The molecule has 0 saturated carbocycles. The van der Waals surface area contributed by atoms with E-state index >= 15 is 0 Å². The van der Waals surface area contributed by atoms with Crippen LogP contribution in [0.15, 0.2) is 22.7 Å². The number of benzene rings is 1. The first-order valence-electron chi connectivity index (χ1n) is 5.57. The fourth-order valence-electron chi connectivity index (χ4n) is 2.22. The molecule has 1 aliphatic heterocycles. The molecule has 3 nitrogen and oxygen atoms in total. The van der Waals surface area contributed by atoms with Crippen LogP contribution in [-0.4, -0.2) is 19.2 Å². The Morgan fingerprint density at radius 2 is 2.38 bits per heavy atom. The van der Waals surface area contributed by atoms with Crippen LogP contribution in [0.5, 0.6) is 0 Å². The molecule has 0 aromatic heterocycles. The molecule has 88 valence electrons. The highest BCUT2D eigenvalue weighted by molar-refractivity contribution is 9.10. The molecular weight excluding hydrogens is 268 g/mol. The van der Waals surface area contributed by atoms with Gasteiger partial charge in [0.1, 0.15) is 0 Å². The van der Waals surface area contributed by atoms with Gasteiger partial charge in [-0.3, -0.25) is 0 Å². The zero-order chi connectivity index (χ0) is 11.5. The van der Waals surface area contributed by atoms with Gasteiger partial charge in [-0.1, -0.05) is 22.0 Å². The van der Waals surface area contributed by atoms with Crippen LogP contribution >= 0.6 is 15.9 Å². The second-order valence-electron chi connectivity index (χ2n) is 4.26. The monoisotopic (exact) mass is 284 g/mol. The summed E-state index contributed by atoms with van der Waals surface area (Å²) in [6.07, 6.45) is 2.36. The second-order valence-corrected chi connectivity index (χ2v) is 5.11. The minimum Gasteiger partial charge on any atom is -0.366 e. The van der Waals surface area contributed by atoms with Crippen molar-refractivity contribution in [2.45, 2.75) is 25.8 Å². The Balaban J connectivity index is 2.19. The summed E-state index contributed by atoms with van der Waals surface area (Å²) in [6.45, 7) is 3.79. The summed E-state index contributed by atoms with van der Waals surface area (Å²) in [5.41, 5.74) is 2.51. The van der Waals surface area contributed by atoms with Gasteiger partial charge >= 0.3 is 0 Å². The van der Waals surface area contributed by atoms with Gasteiger partial charge in [0.15, 0.2) is 0 Å². The number of anilines is 1. The van der Waals surface area contributed by atoms with Gasteiger partial charge in [-0.2, -0.15) is 0 Å². The van der Waals surface area contributed by atoms with E-state index in [1.807, 2.05) is 0 Å². The average Bonchev–Trinajstić information content (AvgIpc) is 2.71. The van der Waals surface area contributed by atoms with Crippen molar-refractivity contribution < 1.29 is 4.84 Å². The van der Waals surface area contributed by atoms with Gasteiger partial charge < -0.3 is 9.74 Å². The third kappa shape index (κ3) is 2.39. The molecule has 1 heterocycles. The van der Waals surface area contributed by atoms with Crippen LogP contribution in [0, 0.1) is 6.92 Å². The van der Waals surface area contributed by atoms with E-state index in [2.05, 4.69) is 46.0 Å². The minimum absolute atomic E-state index is 0.416. The van der Waals surface area contributed by atoms with Crippen molar-refractivity contribution in [3.05, 3.63) is 28.2 Å². The lowest BCUT2D eigenvalue weighted by molar-refractivity contribution is 0.124. The number of hydrogen-bond donors (Lipinski definition) is 1. The molecule has 0 amide bonds. The summed E-state index contributed by atoms with van der Waals surface area (Å²) in [4.78, 5) is 7.15. The van der Waals surface area contributed by atoms with Gasteiger partial charge in [-0.25, -0.2) is 5.90 Å². The number of nitrogens with two attached hydrogens (primary N) is 1.